The molecule has 2 rings (SSSR count). The number of pyridine rings is 1. The Hall–Kier alpha value is -2.23. The Kier molecular flexibility index (Phi) is 3.14. The van der Waals surface area contributed by atoms with E-state index in [4.69, 9.17) is 5.11 Å². The van der Waals surface area contributed by atoms with Gasteiger partial charge in [0.1, 0.15) is 5.82 Å². The van der Waals surface area contributed by atoms with Gasteiger partial charge in [0.2, 0.25) is 0 Å². The third-order valence-electron chi connectivity index (χ3n) is 2.41. The molecule has 1 N–H and O–H groups in total. The number of hydrogen-bond acceptors (Lipinski definition) is 2. The number of aromatic nitrogens is 1. The Bertz CT molecular complexity index is 537. The van der Waals surface area contributed by atoms with Gasteiger partial charge in [0.15, 0.2) is 0 Å². The van der Waals surface area contributed by atoms with Crippen molar-refractivity contribution >= 4 is 5.97 Å². The standard InChI is InChI=1S/C13H10FNO2/c14-11-3-1-9(2-4-11)12-8-15-6-5-10(12)7-13(16)17/h1-6,8H,7H2,(H,16,17). The monoisotopic (exact) mass is 231 g/mol. The molecule has 0 bridgehead atoms. The molecule has 0 saturated carbocycles. The summed E-state index contributed by atoms with van der Waals surface area (Å²) >= 11 is 0. The van der Waals surface area contributed by atoms with Gasteiger partial charge < -0.3 is 5.11 Å². The molecule has 1 aromatic carbocycles. The highest BCUT2D eigenvalue weighted by molar-refractivity contribution is 5.76. The number of rotatable bonds is 3. The summed E-state index contributed by atoms with van der Waals surface area (Å²) < 4.78 is 12.8. The van der Waals surface area contributed by atoms with Gasteiger partial charge in [-0.05, 0) is 29.3 Å². The van der Waals surface area contributed by atoms with E-state index in [1.807, 2.05) is 0 Å². The van der Waals surface area contributed by atoms with E-state index in [0.29, 0.717) is 5.56 Å². The van der Waals surface area contributed by atoms with Crippen molar-refractivity contribution in [1.82, 2.24) is 4.98 Å². The maximum Gasteiger partial charge on any atom is 0.307 e. The van der Waals surface area contributed by atoms with Crippen molar-refractivity contribution < 1.29 is 14.3 Å². The minimum Gasteiger partial charge on any atom is -0.481 e. The van der Waals surface area contributed by atoms with Gasteiger partial charge in [-0.2, -0.15) is 0 Å². The van der Waals surface area contributed by atoms with Crippen LogP contribution in [0.3, 0.4) is 0 Å². The SMILES string of the molecule is O=C(O)Cc1ccncc1-c1ccc(F)cc1. The van der Waals surface area contributed by atoms with Crippen molar-refractivity contribution in [2.24, 2.45) is 0 Å². The van der Waals surface area contributed by atoms with Gasteiger partial charge in [0.25, 0.3) is 0 Å². The van der Waals surface area contributed by atoms with E-state index in [0.717, 1.165) is 11.1 Å². The Morgan fingerprint density at radius 1 is 1.24 bits per heavy atom. The van der Waals surface area contributed by atoms with E-state index in [1.54, 1.807) is 30.6 Å². The molecule has 0 radical (unpaired) electrons. The van der Waals surface area contributed by atoms with Crippen LogP contribution in [0.25, 0.3) is 11.1 Å². The zero-order valence-electron chi connectivity index (χ0n) is 8.93. The fourth-order valence-electron chi connectivity index (χ4n) is 1.63. The molecule has 0 atom stereocenters. The van der Waals surface area contributed by atoms with Gasteiger partial charge in [-0.3, -0.25) is 9.78 Å². The lowest BCUT2D eigenvalue weighted by atomic mass is 10.0. The molecular formula is C13H10FNO2. The molecule has 1 aromatic heterocycles. The molecular weight excluding hydrogens is 221 g/mol. The molecule has 4 heteroatoms. The summed E-state index contributed by atoms with van der Waals surface area (Å²) in [7, 11) is 0. The molecule has 0 aliphatic rings. The Balaban J connectivity index is 2.44. The second kappa shape index (κ2) is 4.74. The highest BCUT2D eigenvalue weighted by Crippen LogP contribution is 2.23. The Morgan fingerprint density at radius 3 is 2.59 bits per heavy atom. The van der Waals surface area contributed by atoms with Gasteiger partial charge in [-0.15, -0.1) is 0 Å². The van der Waals surface area contributed by atoms with Crippen LogP contribution in [0, 0.1) is 5.82 Å². The predicted molar refractivity (Wildman–Crippen MR) is 61.0 cm³/mol. The first-order valence-corrected chi connectivity index (χ1v) is 5.07. The van der Waals surface area contributed by atoms with Gasteiger partial charge in [-0.25, -0.2) is 4.39 Å². The van der Waals surface area contributed by atoms with Crippen LogP contribution >= 0.6 is 0 Å². The molecule has 17 heavy (non-hydrogen) atoms. The maximum atomic E-state index is 12.8. The summed E-state index contributed by atoms with van der Waals surface area (Å²) in [4.78, 5) is 14.7. The number of nitrogens with zero attached hydrogens (tertiary/aromatic N) is 1. The highest BCUT2D eigenvalue weighted by Gasteiger charge is 2.08. The summed E-state index contributed by atoms with van der Waals surface area (Å²) in [6.07, 6.45) is 3.06. The van der Waals surface area contributed by atoms with Crippen molar-refractivity contribution in [2.75, 3.05) is 0 Å². The molecule has 1 heterocycles. The summed E-state index contributed by atoms with van der Waals surface area (Å²) in [5, 5.41) is 8.80. The van der Waals surface area contributed by atoms with E-state index in [-0.39, 0.29) is 12.2 Å². The van der Waals surface area contributed by atoms with Gasteiger partial charge >= 0.3 is 5.97 Å². The van der Waals surface area contributed by atoms with Crippen LogP contribution in [0.2, 0.25) is 0 Å². The van der Waals surface area contributed by atoms with Crippen molar-refractivity contribution in [2.45, 2.75) is 6.42 Å². The molecule has 0 aliphatic carbocycles. The van der Waals surface area contributed by atoms with Crippen LogP contribution in [0.1, 0.15) is 5.56 Å². The maximum absolute atomic E-state index is 12.8. The normalized spacial score (nSPS) is 10.2. The molecule has 0 saturated heterocycles. The number of halogens is 1. The quantitative estimate of drug-likeness (QED) is 0.883. The third kappa shape index (κ3) is 2.66. The number of hydrogen-bond donors (Lipinski definition) is 1. The molecule has 0 aliphatic heterocycles. The lowest BCUT2D eigenvalue weighted by Crippen LogP contribution is -2.02. The van der Waals surface area contributed by atoms with Crippen LogP contribution in [0.5, 0.6) is 0 Å². The van der Waals surface area contributed by atoms with E-state index in [2.05, 4.69) is 4.98 Å². The number of carboxylic acid groups (broad SMARTS) is 1. The van der Waals surface area contributed by atoms with Crippen LogP contribution in [-0.4, -0.2) is 16.1 Å². The van der Waals surface area contributed by atoms with Crippen molar-refractivity contribution in [1.29, 1.82) is 0 Å². The summed E-state index contributed by atoms with van der Waals surface area (Å²) in [5.74, 6) is -1.23. The number of carbonyl (C=O) groups is 1. The second-order valence-corrected chi connectivity index (χ2v) is 3.61. The molecule has 0 fully saturated rings. The average Bonchev–Trinajstić information content (AvgIpc) is 2.30. The smallest absolute Gasteiger partial charge is 0.307 e. The largest absolute Gasteiger partial charge is 0.481 e. The fraction of sp³-hybridized carbons (Fsp3) is 0.0769. The van der Waals surface area contributed by atoms with Gasteiger partial charge in [-0.1, -0.05) is 12.1 Å². The average molecular weight is 231 g/mol. The zero-order valence-corrected chi connectivity index (χ0v) is 8.93. The number of benzene rings is 1. The first kappa shape index (κ1) is 11.3. The van der Waals surface area contributed by atoms with Crippen molar-refractivity contribution in [3.05, 3.63) is 54.1 Å². The van der Waals surface area contributed by atoms with E-state index in [1.165, 1.54) is 12.1 Å². The molecule has 3 nitrogen and oxygen atoms in total. The minimum atomic E-state index is -0.903. The molecule has 0 unspecified atom stereocenters. The van der Waals surface area contributed by atoms with E-state index in [9.17, 15) is 9.18 Å². The highest BCUT2D eigenvalue weighted by atomic mass is 19.1. The Morgan fingerprint density at radius 2 is 1.94 bits per heavy atom. The first-order valence-electron chi connectivity index (χ1n) is 5.07. The van der Waals surface area contributed by atoms with Crippen LogP contribution in [0.4, 0.5) is 4.39 Å². The van der Waals surface area contributed by atoms with Crippen molar-refractivity contribution in [3.8, 4) is 11.1 Å². The predicted octanol–water partition coefficient (Wildman–Crippen LogP) is 2.51. The first-order chi connectivity index (χ1) is 8.16. The fourth-order valence-corrected chi connectivity index (χ4v) is 1.63. The molecule has 0 amide bonds. The summed E-state index contributed by atoms with van der Waals surface area (Å²) in [5.41, 5.74) is 2.14. The molecule has 86 valence electrons. The van der Waals surface area contributed by atoms with Crippen LogP contribution < -0.4 is 0 Å². The van der Waals surface area contributed by atoms with Crippen LogP contribution in [-0.2, 0) is 11.2 Å². The van der Waals surface area contributed by atoms with Gasteiger partial charge in [0.05, 0.1) is 6.42 Å². The Labute approximate surface area is 97.6 Å². The van der Waals surface area contributed by atoms with Crippen molar-refractivity contribution in [3.63, 3.8) is 0 Å². The topological polar surface area (TPSA) is 50.2 Å². The third-order valence-corrected chi connectivity index (χ3v) is 2.41. The second-order valence-electron chi connectivity index (χ2n) is 3.61. The zero-order chi connectivity index (χ0) is 12.3. The number of aliphatic carboxylic acids is 1. The van der Waals surface area contributed by atoms with Crippen LogP contribution in [0.15, 0.2) is 42.7 Å². The minimum absolute atomic E-state index is 0.0742. The van der Waals surface area contributed by atoms with E-state index < -0.39 is 5.97 Å². The summed E-state index contributed by atoms with van der Waals surface area (Å²) in [6, 6.07) is 7.56. The number of carboxylic acids is 1. The lowest BCUT2D eigenvalue weighted by Gasteiger charge is -2.06. The summed E-state index contributed by atoms with van der Waals surface area (Å²) in [6.45, 7) is 0. The molecule has 0 spiro atoms. The van der Waals surface area contributed by atoms with E-state index >= 15 is 0 Å². The molecule has 2 aromatic rings. The van der Waals surface area contributed by atoms with Gasteiger partial charge in [0, 0.05) is 18.0 Å². The lowest BCUT2D eigenvalue weighted by molar-refractivity contribution is -0.136.